The molecule has 8 aromatic rings. The lowest BCUT2D eigenvalue weighted by atomic mass is 9.85. The van der Waals surface area contributed by atoms with Crippen molar-refractivity contribution in [2.75, 3.05) is 6.54 Å². The smallest absolute Gasteiger partial charge is 0.0702 e. The average Bonchev–Trinajstić information content (AvgIpc) is 3.37. The van der Waals surface area contributed by atoms with Crippen LogP contribution in [0.15, 0.2) is 163 Å². The molecule has 0 amide bonds. The van der Waals surface area contributed by atoms with Crippen LogP contribution in [-0.4, -0.2) is 17.2 Å². The van der Waals surface area contributed by atoms with Gasteiger partial charge in [-0.2, -0.15) is 0 Å². The van der Waals surface area contributed by atoms with Crippen molar-refractivity contribution in [2.45, 2.75) is 0 Å². The van der Waals surface area contributed by atoms with Gasteiger partial charge in [0.1, 0.15) is 0 Å². The topological polar surface area (TPSA) is 25.2 Å². The third kappa shape index (κ3) is 4.18. The van der Waals surface area contributed by atoms with Crippen molar-refractivity contribution in [3.8, 4) is 22.4 Å². The fraction of sp³-hybridized carbons (Fsp3) is 0.0233. The zero-order valence-electron chi connectivity index (χ0n) is 24.6. The van der Waals surface area contributed by atoms with Crippen LogP contribution in [0.5, 0.6) is 0 Å². The van der Waals surface area contributed by atoms with Gasteiger partial charge < -0.3 is 0 Å². The molecule has 1 aliphatic rings. The van der Waals surface area contributed by atoms with E-state index in [-0.39, 0.29) is 0 Å². The molecular formula is C43H28N2. The fourth-order valence-corrected chi connectivity index (χ4v) is 7.08. The van der Waals surface area contributed by atoms with Crippen LogP contribution in [0.25, 0.3) is 71.0 Å². The first kappa shape index (κ1) is 25.6. The lowest BCUT2D eigenvalue weighted by molar-refractivity contribution is 1.25. The average molecular weight is 573 g/mol. The molecular weight excluding hydrogens is 544 g/mol. The SMILES string of the molecule is C1=CC(c2ccccc2)=NCC=C1c1ccc2c3cccc4c(-c5ccc(-c6ccccc6)nc5)ccc(c5cccc1c25)c43. The van der Waals surface area contributed by atoms with Crippen LogP contribution in [0.1, 0.15) is 11.1 Å². The molecule has 45 heavy (non-hydrogen) atoms. The normalized spacial score (nSPS) is 13.4. The number of fused-ring (bicyclic) bond motifs is 2. The summed E-state index contributed by atoms with van der Waals surface area (Å²) in [5.74, 6) is 0. The molecule has 0 bridgehead atoms. The number of pyridine rings is 1. The van der Waals surface area contributed by atoms with Crippen LogP contribution in [-0.2, 0) is 0 Å². The van der Waals surface area contributed by atoms with E-state index in [4.69, 9.17) is 9.98 Å². The van der Waals surface area contributed by atoms with Crippen LogP contribution in [0, 0.1) is 0 Å². The molecule has 0 N–H and O–H groups in total. The highest BCUT2D eigenvalue weighted by Crippen LogP contribution is 2.44. The van der Waals surface area contributed by atoms with E-state index in [1.807, 2.05) is 18.3 Å². The minimum absolute atomic E-state index is 0.654. The molecule has 1 aromatic heterocycles. The molecule has 9 rings (SSSR count). The molecule has 0 unspecified atom stereocenters. The van der Waals surface area contributed by atoms with E-state index in [0.717, 1.165) is 28.1 Å². The first-order valence-corrected chi connectivity index (χ1v) is 15.5. The summed E-state index contributed by atoms with van der Waals surface area (Å²) in [5, 5.41) is 10.3. The molecule has 0 atom stereocenters. The van der Waals surface area contributed by atoms with Gasteiger partial charge in [0.2, 0.25) is 0 Å². The Hall–Kier alpha value is -5.86. The van der Waals surface area contributed by atoms with Gasteiger partial charge >= 0.3 is 0 Å². The Bertz CT molecular complexity index is 2450. The molecule has 0 fully saturated rings. The summed E-state index contributed by atoms with van der Waals surface area (Å²) in [6.07, 6.45) is 8.64. The quantitative estimate of drug-likeness (QED) is 0.152. The first-order chi connectivity index (χ1) is 22.3. The van der Waals surface area contributed by atoms with Crippen molar-refractivity contribution in [2.24, 2.45) is 4.99 Å². The van der Waals surface area contributed by atoms with Crippen molar-refractivity contribution in [1.29, 1.82) is 0 Å². The number of benzene rings is 7. The van der Waals surface area contributed by atoms with Gasteiger partial charge in [0.15, 0.2) is 0 Å². The molecule has 2 heteroatoms. The molecule has 2 nitrogen and oxygen atoms in total. The summed E-state index contributed by atoms with van der Waals surface area (Å²) in [5.41, 5.74) is 9.06. The second-order valence-corrected chi connectivity index (χ2v) is 11.7. The highest BCUT2D eigenvalue weighted by atomic mass is 14.7. The summed E-state index contributed by atoms with van der Waals surface area (Å²) in [4.78, 5) is 9.71. The number of aromatic nitrogens is 1. The van der Waals surface area contributed by atoms with Crippen LogP contribution in [0.2, 0.25) is 0 Å². The van der Waals surface area contributed by atoms with Gasteiger partial charge in [-0.25, -0.2) is 0 Å². The minimum Gasteiger partial charge on any atom is -0.281 e. The van der Waals surface area contributed by atoms with E-state index in [9.17, 15) is 0 Å². The first-order valence-electron chi connectivity index (χ1n) is 15.5. The highest BCUT2D eigenvalue weighted by Gasteiger charge is 2.18. The summed E-state index contributed by atoms with van der Waals surface area (Å²) >= 11 is 0. The number of hydrogen-bond donors (Lipinski definition) is 0. The number of hydrogen-bond acceptors (Lipinski definition) is 2. The van der Waals surface area contributed by atoms with E-state index >= 15 is 0 Å². The van der Waals surface area contributed by atoms with Crippen LogP contribution < -0.4 is 0 Å². The lowest BCUT2D eigenvalue weighted by Crippen LogP contribution is -1.96. The highest BCUT2D eigenvalue weighted by molar-refractivity contribution is 6.34. The lowest BCUT2D eigenvalue weighted by Gasteiger charge is -2.18. The van der Waals surface area contributed by atoms with Crippen molar-refractivity contribution in [3.05, 3.63) is 169 Å². The molecule has 0 aliphatic carbocycles. The minimum atomic E-state index is 0.654. The largest absolute Gasteiger partial charge is 0.281 e. The Kier molecular flexibility index (Phi) is 5.92. The van der Waals surface area contributed by atoms with Gasteiger partial charge in [-0.15, -0.1) is 0 Å². The molecule has 7 aromatic carbocycles. The van der Waals surface area contributed by atoms with E-state index in [1.165, 1.54) is 59.8 Å². The maximum atomic E-state index is 4.87. The molecule has 0 radical (unpaired) electrons. The number of nitrogens with zero attached hydrogens (tertiary/aromatic N) is 2. The Morgan fingerprint density at radius 1 is 0.422 bits per heavy atom. The van der Waals surface area contributed by atoms with Crippen molar-refractivity contribution in [1.82, 2.24) is 4.98 Å². The maximum Gasteiger partial charge on any atom is 0.0702 e. The number of aliphatic imine (C=N–C) groups is 1. The van der Waals surface area contributed by atoms with E-state index in [1.54, 1.807) is 0 Å². The number of rotatable bonds is 4. The van der Waals surface area contributed by atoms with Gasteiger partial charge in [-0.1, -0.05) is 140 Å². The summed E-state index contributed by atoms with van der Waals surface area (Å²) < 4.78 is 0. The van der Waals surface area contributed by atoms with Gasteiger partial charge in [-0.05, 0) is 77.5 Å². The zero-order chi connectivity index (χ0) is 29.7. The molecule has 210 valence electrons. The molecule has 0 saturated heterocycles. The van der Waals surface area contributed by atoms with E-state index in [0.29, 0.717) is 6.54 Å². The summed E-state index contributed by atoms with van der Waals surface area (Å²) in [6.45, 7) is 0.654. The molecule has 0 spiro atoms. The van der Waals surface area contributed by atoms with Crippen LogP contribution in [0.3, 0.4) is 0 Å². The Morgan fingerprint density at radius 3 is 1.69 bits per heavy atom. The van der Waals surface area contributed by atoms with Crippen molar-refractivity contribution < 1.29 is 0 Å². The zero-order valence-corrected chi connectivity index (χ0v) is 24.6. The second kappa shape index (κ2) is 10.4. The predicted molar refractivity (Wildman–Crippen MR) is 191 cm³/mol. The summed E-state index contributed by atoms with van der Waals surface area (Å²) in [7, 11) is 0. The monoisotopic (exact) mass is 572 g/mol. The number of allylic oxidation sites excluding steroid dienone is 3. The van der Waals surface area contributed by atoms with Gasteiger partial charge in [0, 0.05) is 17.3 Å². The standard InChI is InChI=1S/C43H28N2/c1-3-9-29(10-4-1)40-23-17-28(25-26-44-40)32-19-21-38-37-16-8-14-35-33(31-18-24-41(45-27-31)30-11-5-2-6-12-30)20-22-39(43(35)37)36-15-7-13-34(32)42(36)38/h1-25,27H,26H2. The predicted octanol–water partition coefficient (Wildman–Crippen LogP) is 10.9. The Labute approximate surface area is 261 Å². The van der Waals surface area contributed by atoms with E-state index in [2.05, 4.69) is 140 Å². The van der Waals surface area contributed by atoms with Gasteiger partial charge in [-0.3, -0.25) is 9.98 Å². The Balaban J connectivity index is 1.19. The van der Waals surface area contributed by atoms with Crippen LogP contribution in [0.4, 0.5) is 0 Å². The maximum absolute atomic E-state index is 4.87. The van der Waals surface area contributed by atoms with Crippen molar-refractivity contribution >= 4 is 54.4 Å². The molecule has 2 heterocycles. The third-order valence-corrected chi connectivity index (χ3v) is 9.18. The third-order valence-electron chi connectivity index (χ3n) is 9.18. The second-order valence-electron chi connectivity index (χ2n) is 11.7. The van der Waals surface area contributed by atoms with Crippen LogP contribution >= 0.6 is 0 Å². The van der Waals surface area contributed by atoms with Gasteiger partial charge in [0.05, 0.1) is 18.0 Å². The fourth-order valence-electron chi connectivity index (χ4n) is 7.08. The molecule has 0 saturated carbocycles. The van der Waals surface area contributed by atoms with Gasteiger partial charge in [0.25, 0.3) is 0 Å². The summed E-state index contributed by atoms with van der Waals surface area (Å²) in [6, 6.07) is 47.8. The molecule has 1 aliphatic heterocycles. The van der Waals surface area contributed by atoms with Crippen molar-refractivity contribution in [3.63, 3.8) is 0 Å². The van der Waals surface area contributed by atoms with E-state index < -0.39 is 0 Å². The Morgan fingerprint density at radius 2 is 1.02 bits per heavy atom.